The Kier molecular flexibility index (Phi) is 5.69. The van der Waals surface area contributed by atoms with Crippen molar-refractivity contribution in [2.24, 2.45) is 5.92 Å². The van der Waals surface area contributed by atoms with Gasteiger partial charge < -0.3 is 16.0 Å². The van der Waals surface area contributed by atoms with Crippen LogP contribution in [0.3, 0.4) is 0 Å². The molecule has 0 saturated carbocycles. The summed E-state index contributed by atoms with van der Waals surface area (Å²) in [5, 5.41) is 9.20. The molecule has 1 aromatic rings. The summed E-state index contributed by atoms with van der Waals surface area (Å²) in [6, 6.07) is 10.1. The second-order valence-electron chi connectivity index (χ2n) is 5.08. The van der Waals surface area contributed by atoms with E-state index in [1.807, 2.05) is 18.2 Å². The van der Waals surface area contributed by atoms with Gasteiger partial charge in [0.25, 0.3) is 0 Å². The van der Waals surface area contributed by atoms with E-state index in [0.717, 1.165) is 26.1 Å². The largest absolute Gasteiger partial charge is 0.338 e. The maximum atomic E-state index is 11.6. The van der Waals surface area contributed by atoms with Gasteiger partial charge >= 0.3 is 6.03 Å². The predicted octanol–water partition coefficient (Wildman–Crippen LogP) is 1.53. The number of benzene rings is 1. The highest BCUT2D eigenvalue weighted by molar-refractivity contribution is 5.73. The fourth-order valence-corrected chi connectivity index (χ4v) is 2.36. The quantitative estimate of drug-likeness (QED) is 0.753. The van der Waals surface area contributed by atoms with Gasteiger partial charge in [-0.05, 0) is 43.8 Å². The van der Waals surface area contributed by atoms with Crippen molar-refractivity contribution in [1.82, 2.24) is 16.0 Å². The van der Waals surface area contributed by atoms with Crippen LogP contribution < -0.4 is 16.0 Å². The van der Waals surface area contributed by atoms with Gasteiger partial charge in [0.1, 0.15) is 0 Å². The van der Waals surface area contributed by atoms with Crippen LogP contribution in [0, 0.1) is 5.92 Å². The molecule has 0 spiro atoms. The van der Waals surface area contributed by atoms with Crippen LogP contribution in [-0.2, 0) is 6.42 Å². The van der Waals surface area contributed by atoms with Crippen LogP contribution in [0.15, 0.2) is 30.3 Å². The highest BCUT2D eigenvalue weighted by atomic mass is 16.2. The van der Waals surface area contributed by atoms with Gasteiger partial charge in [0.15, 0.2) is 0 Å². The SMILES string of the molecule is O=C(NCCc1ccccc1)NC[C@@H]1CCCNC1. The molecule has 0 unspecified atom stereocenters. The van der Waals surface area contributed by atoms with E-state index >= 15 is 0 Å². The third-order valence-electron chi connectivity index (χ3n) is 3.49. The number of rotatable bonds is 5. The molecule has 2 rings (SSSR count). The Morgan fingerprint density at radius 3 is 2.84 bits per heavy atom. The molecule has 1 aromatic carbocycles. The number of amides is 2. The molecule has 1 aliphatic heterocycles. The summed E-state index contributed by atoms with van der Waals surface area (Å²) >= 11 is 0. The Morgan fingerprint density at radius 1 is 1.26 bits per heavy atom. The van der Waals surface area contributed by atoms with Gasteiger partial charge in [0.05, 0.1) is 0 Å². The van der Waals surface area contributed by atoms with Crippen LogP contribution in [0.4, 0.5) is 4.79 Å². The third-order valence-corrected chi connectivity index (χ3v) is 3.49. The summed E-state index contributed by atoms with van der Waals surface area (Å²) in [5.74, 6) is 0.577. The second-order valence-corrected chi connectivity index (χ2v) is 5.08. The molecule has 0 bridgehead atoms. The lowest BCUT2D eigenvalue weighted by atomic mass is 10.00. The molecule has 4 nitrogen and oxygen atoms in total. The van der Waals surface area contributed by atoms with Crippen LogP contribution in [-0.4, -0.2) is 32.2 Å². The van der Waals surface area contributed by atoms with Gasteiger partial charge in [-0.3, -0.25) is 0 Å². The Bertz CT molecular complexity index is 374. The van der Waals surface area contributed by atoms with Crippen molar-refractivity contribution in [3.63, 3.8) is 0 Å². The summed E-state index contributed by atoms with van der Waals surface area (Å²) in [5.41, 5.74) is 1.25. The maximum Gasteiger partial charge on any atom is 0.314 e. The van der Waals surface area contributed by atoms with E-state index in [2.05, 4.69) is 28.1 Å². The monoisotopic (exact) mass is 261 g/mol. The van der Waals surface area contributed by atoms with Crippen molar-refractivity contribution in [1.29, 1.82) is 0 Å². The topological polar surface area (TPSA) is 53.2 Å². The predicted molar refractivity (Wildman–Crippen MR) is 77.1 cm³/mol. The summed E-state index contributed by atoms with van der Waals surface area (Å²) in [6.07, 6.45) is 3.29. The van der Waals surface area contributed by atoms with Crippen molar-refractivity contribution in [2.45, 2.75) is 19.3 Å². The molecular weight excluding hydrogens is 238 g/mol. The van der Waals surface area contributed by atoms with Crippen LogP contribution in [0.25, 0.3) is 0 Å². The number of piperidine rings is 1. The number of carbonyl (C=O) groups is 1. The molecule has 3 N–H and O–H groups in total. The van der Waals surface area contributed by atoms with Crippen LogP contribution in [0.1, 0.15) is 18.4 Å². The van der Waals surface area contributed by atoms with Crippen molar-refractivity contribution >= 4 is 6.03 Å². The highest BCUT2D eigenvalue weighted by Crippen LogP contribution is 2.07. The Labute approximate surface area is 115 Å². The van der Waals surface area contributed by atoms with Gasteiger partial charge in [-0.15, -0.1) is 0 Å². The Hall–Kier alpha value is -1.55. The standard InChI is InChI=1S/C15H23N3O/c19-15(18-12-14-7-4-9-16-11-14)17-10-8-13-5-2-1-3-6-13/h1-3,5-6,14,16H,4,7-12H2,(H2,17,18,19)/t14-/m1/s1. The van der Waals surface area contributed by atoms with E-state index in [0.29, 0.717) is 12.5 Å². The van der Waals surface area contributed by atoms with E-state index in [-0.39, 0.29) is 6.03 Å². The second kappa shape index (κ2) is 7.79. The maximum absolute atomic E-state index is 11.6. The number of urea groups is 1. The minimum atomic E-state index is -0.0542. The van der Waals surface area contributed by atoms with Gasteiger partial charge in [-0.25, -0.2) is 4.79 Å². The van der Waals surface area contributed by atoms with Gasteiger partial charge in [-0.1, -0.05) is 30.3 Å². The molecule has 1 fully saturated rings. The molecule has 1 atom stereocenters. The molecule has 104 valence electrons. The Balaban J connectivity index is 1.57. The summed E-state index contributed by atoms with van der Waals surface area (Å²) in [6.45, 7) is 3.58. The number of nitrogens with one attached hydrogen (secondary N) is 3. The van der Waals surface area contributed by atoms with Crippen LogP contribution >= 0.6 is 0 Å². The van der Waals surface area contributed by atoms with E-state index in [4.69, 9.17) is 0 Å². The molecule has 1 heterocycles. The van der Waals surface area contributed by atoms with Crippen molar-refractivity contribution in [3.05, 3.63) is 35.9 Å². The fraction of sp³-hybridized carbons (Fsp3) is 0.533. The van der Waals surface area contributed by atoms with E-state index in [1.165, 1.54) is 18.4 Å². The summed E-state index contributed by atoms with van der Waals surface area (Å²) < 4.78 is 0. The smallest absolute Gasteiger partial charge is 0.314 e. The van der Waals surface area contributed by atoms with Gasteiger partial charge in [0, 0.05) is 13.1 Å². The molecule has 0 aliphatic carbocycles. The van der Waals surface area contributed by atoms with E-state index in [1.54, 1.807) is 0 Å². The van der Waals surface area contributed by atoms with Crippen LogP contribution in [0.5, 0.6) is 0 Å². The zero-order chi connectivity index (χ0) is 13.3. The van der Waals surface area contributed by atoms with Crippen molar-refractivity contribution in [2.75, 3.05) is 26.2 Å². The first kappa shape index (κ1) is 13.9. The molecule has 0 aromatic heterocycles. The number of hydrogen-bond acceptors (Lipinski definition) is 2. The first-order chi connectivity index (χ1) is 9.34. The van der Waals surface area contributed by atoms with E-state index in [9.17, 15) is 4.79 Å². The summed E-state index contributed by atoms with van der Waals surface area (Å²) in [7, 11) is 0. The van der Waals surface area contributed by atoms with Gasteiger partial charge in [-0.2, -0.15) is 0 Å². The molecule has 1 saturated heterocycles. The van der Waals surface area contributed by atoms with Gasteiger partial charge in [0.2, 0.25) is 0 Å². The number of hydrogen-bond donors (Lipinski definition) is 3. The first-order valence-corrected chi connectivity index (χ1v) is 7.11. The van der Waals surface area contributed by atoms with Crippen molar-refractivity contribution in [3.8, 4) is 0 Å². The van der Waals surface area contributed by atoms with Crippen LogP contribution in [0.2, 0.25) is 0 Å². The first-order valence-electron chi connectivity index (χ1n) is 7.11. The van der Waals surface area contributed by atoms with Crippen molar-refractivity contribution < 1.29 is 4.79 Å². The molecular formula is C15H23N3O. The minimum Gasteiger partial charge on any atom is -0.338 e. The molecule has 4 heteroatoms. The minimum absolute atomic E-state index is 0.0542. The Morgan fingerprint density at radius 2 is 2.11 bits per heavy atom. The van der Waals surface area contributed by atoms with E-state index < -0.39 is 0 Å². The fourth-order valence-electron chi connectivity index (χ4n) is 2.36. The lowest BCUT2D eigenvalue weighted by molar-refractivity contribution is 0.237. The summed E-state index contributed by atoms with van der Waals surface area (Å²) in [4.78, 5) is 11.6. The average molecular weight is 261 g/mol. The molecule has 0 radical (unpaired) electrons. The molecule has 19 heavy (non-hydrogen) atoms. The lowest BCUT2D eigenvalue weighted by Gasteiger charge is -2.22. The third kappa shape index (κ3) is 5.30. The molecule has 1 aliphatic rings. The lowest BCUT2D eigenvalue weighted by Crippen LogP contribution is -2.42. The average Bonchev–Trinajstić information content (AvgIpc) is 2.47. The zero-order valence-electron chi connectivity index (χ0n) is 11.3. The number of carbonyl (C=O) groups excluding carboxylic acids is 1. The zero-order valence-corrected chi connectivity index (χ0v) is 11.3. The molecule has 2 amide bonds. The highest BCUT2D eigenvalue weighted by Gasteiger charge is 2.13. The normalized spacial score (nSPS) is 18.8.